The third kappa shape index (κ3) is 3.63. The first-order valence-electron chi connectivity index (χ1n) is 5.39. The number of halogens is 1. The zero-order valence-electron chi connectivity index (χ0n) is 8.75. The molecule has 4 heteroatoms. The summed E-state index contributed by atoms with van der Waals surface area (Å²) in [5, 5.41) is 0. The highest BCUT2D eigenvalue weighted by atomic mass is 79.9. The topological polar surface area (TPSA) is 25.6 Å². The van der Waals surface area contributed by atoms with E-state index in [9.17, 15) is 0 Å². The van der Waals surface area contributed by atoms with Crippen LogP contribution in [0.25, 0.3) is 0 Å². The predicted octanol–water partition coefficient (Wildman–Crippen LogP) is 2.31. The quantitative estimate of drug-likeness (QED) is 0.842. The van der Waals surface area contributed by atoms with E-state index in [0.717, 1.165) is 56.1 Å². The molecule has 1 aromatic heterocycles. The van der Waals surface area contributed by atoms with Gasteiger partial charge in [-0.2, -0.15) is 0 Å². The van der Waals surface area contributed by atoms with Crippen LogP contribution in [0.15, 0.2) is 21.2 Å². The molecule has 0 amide bonds. The second-order valence-electron chi connectivity index (χ2n) is 3.76. The van der Waals surface area contributed by atoms with Gasteiger partial charge in [-0.05, 0) is 41.0 Å². The average molecular weight is 274 g/mol. The van der Waals surface area contributed by atoms with Gasteiger partial charge in [-0.1, -0.05) is 0 Å². The van der Waals surface area contributed by atoms with E-state index in [1.54, 1.807) is 0 Å². The van der Waals surface area contributed by atoms with Crippen molar-refractivity contribution >= 4 is 15.9 Å². The van der Waals surface area contributed by atoms with Crippen molar-refractivity contribution in [3.8, 4) is 0 Å². The van der Waals surface area contributed by atoms with Crippen molar-refractivity contribution in [2.75, 3.05) is 32.8 Å². The SMILES string of the molecule is Brc1ccc(CCCN2CCOCC2)o1. The Balaban J connectivity index is 1.65. The van der Waals surface area contributed by atoms with E-state index in [1.165, 1.54) is 0 Å². The number of hydrogen-bond donors (Lipinski definition) is 0. The van der Waals surface area contributed by atoms with Crippen molar-refractivity contribution in [3.63, 3.8) is 0 Å². The third-order valence-electron chi connectivity index (χ3n) is 2.63. The normalized spacial score (nSPS) is 18.2. The van der Waals surface area contributed by atoms with Crippen molar-refractivity contribution in [2.45, 2.75) is 12.8 Å². The zero-order valence-corrected chi connectivity index (χ0v) is 10.3. The maximum atomic E-state index is 5.45. The van der Waals surface area contributed by atoms with E-state index >= 15 is 0 Å². The molecule has 1 saturated heterocycles. The minimum Gasteiger partial charge on any atom is -0.454 e. The number of morpholine rings is 1. The summed E-state index contributed by atoms with van der Waals surface area (Å²) in [5.41, 5.74) is 0. The molecule has 0 bridgehead atoms. The summed E-state index contributed by atoms with van der Waals surface area (Å²) in [4.78, 5) is 2.45. The Hall–Kier alpha value is -0.320. The molecule has 1 aliphatic heterocycles. The molecule has 0 spiro atoms. The number of aryl methyl sites for hydroxylation is 1. The van der Waals surface area contributed by atoms with Gasteiger partial charge in [0.15, 0.2) is 4.67 Å². The number of ether oxygens (including phenoxy) is 1. The standard InChI is InChI=1S/C11H16BrNO2/c12-11-4-3-10(15-11)2-1-5-13-6-8-14-9-7-13/h3-4H,1-2,5-9H2. The molecular formula is C11H16BrNO2. The molecule has 0 aliphatic carbocycles. The van der Waals surface area contributed by atoms with Crippen LogP contribution in [-0.2, 0) is 11.2 Å². The largest absolute Gasteiger partial charge is 0.454 e. The van der Waals surface area contributed by atoms with Crippen molar-refractivity contribution in [2.24, 2.45) is 0 Å². The molecule has 84 valence electrons. The van der Waals surface area contributed by atoms with Crippen LogP contribution < -0.4 is 0 Å². The summed E-state index contributed by atoms with van der Waals surface area (Å²) >= 11 is 3.31. The maximum Gasteiger partial charge on any atom is 0.169 e. The van der Waals surface area contributed by atoms with Gasteiger partial charge in [-0.15, -0.1) is 0 Å². The van der Waals surface area contributed by atoms with E-state index in [1.807, 2.05) is 12.1 Å². The monoisotopic (exact) mass is 273 g/mol. The fraction of sp³-hybridized carbons (Fsp3) is 0.636. The second-order valence-corrected chi connectivity index (χ2v) is 4.54. The number of rotatable bonds is 4. The molecule has 0 N–H and O–H groups in total. The fourth-order valence-electron chi connectivity index (χ4n) is 1.79. The van der Waals surface area contributed by atoms with Crippen LogP contribution >= 0.6 is 15.9 Å². The lowest BCUT2D eigenvalue weighted by Crippen LogP contribution is -2.36. The van der Waals surface area contributed by atoms with Gasteiger partial charge in [0.2, 0.25) is 0 Å². The molecule has 2 heterocycles. The van der Waals surface area contributed by atoms with Crippen LogP contribution in [-0.4, -0.2) is 37.7 Å². The molecule has 1 aliphatic rings. The van der Waals surface area contributed by atoms with E-state index in [0.29, 0.717) is 0 Å². The average Bonchev–Trinajstić information content (AvgIpc) is 2.66. The highest BCUT2D eigenvalue weighted by molar-refractivity contribution is 9.10. The van der Waals surface area contributed by atoms with Gasteiger partial charge in [-0.25, -0.2) is 0 Å². The molecule has 0 unspecified atom stereocenters. The van der Waals surface area contributed by atoms with Crippen LogP contribution in [0.2, 0.25) is 0 Å². The summed E-state index contributed by atoms with van der Waals surface area (Å²) in [7, 11) is 0. The second kappa shape index (κ2) is 5.68. The number of nitrogens with zero attached hydrogens (tertiary/aromatic N) is 1. The molecule has 1 fully saturated rings. The van der Waals surface area contributed by atoms with Crippen molar-refractivity contribution < 1.29 is 9.15 Å². The van der Waals surface area contributed by atoms with Gasteiger partial charge < -0.3 is 9.15 Å². The van der Waals surface area contributed by atoms with E-state index in [2.05, 4.69) is 20.8 Å². The lowest BCUT2D eigenvalue weighted by molar-refractivity contribution is 0.0373. The summed E-state index contributed by atoms with van der Waals surface area (Å²) in [5.74, 6) is 1.06. The van der Waals surface area contributed by atoms with Crippen molar-refractivity contribution in [1.29, 1.82) is 0 Å². The van der Waals surface area contributed by atoms with Crippen molar-refractivity contribution in [3.05, 3.63) is 22.6 Å². The van der Waals surface area contributed by atoms with Crippen LogP contribution in [0.1, 0.15) is 12.2 Å². The zero-order chi connectivity index (χ0) is 10.5. The predicted molar refractivity (Wildman–Crippen MR) is 62.0 cm³/mol. The maximum absolute atomic E-state index is 5.45. The molecule has 0 atom stereocenters. The Labute approximate surface area is 98.5 Å². The summed E-state index contributed by atoms with van der Waals surface area (Å²) < 4.78 is 11.6. The first-order chi connectivity index (χ1) is 7.34. The molecular weight excluding hydrogens is 258 g/mol. The number of furan rings is 1. The molecule has 3 nitrogen and oxygen atoms in total. The Kier molecular flexibility index (Phi) is 4.23. The van der Waals surface area contributed by atoms with Crippen LogP contribution in [0.3, 0.4) is 0 Å². The Morgan fingerprint density at radius 2 is 2.07 bits per heavy atom. The minimum absolute atomic E-state index is 0.823. The molecule has 2 rings (SSSR count). The first kappa shape index (κ1) is 11.2. The number of hydrogen-bond acceptors (Lipinski definition) is 3. The molecule has 0 saturated carbocycles. The van der Waals surface area contributed by atoms with Gasteiger partial charge in [0, 0.05) is 19.5 Å². The molecule has 1 aromatic rings. The van der Waals surface area contributed by atoms with Gasteiger partial charge >= 0.3 is 0 Å². The van der Waals surface area contributed by atoms with E-state index < -0.39 is 0 Å². The molecule has 0 aromatic carbocycles. The lowest BCUT2D eigenvalue weighted by Gasteiger charge is -2.26. The lowest BCUT2D eigenvalue weighted by atomic mass is 10.2. The van der Waals surface area contributed by atoms with Gasteiger partial charge in [0.25, 0.3) is 0 Å². The van der Waals surface area contributed by atoms with Crippen LogP contribution in [0.5, 0.6) is 0 Å². The van der Waals surface area contributed by atoms with Gasteiger partial charge in [0.05, 0.1) is 13.2 Å². The smallest absolute Gasteiger partial charge is 0.169 e. The Morgan fingerprint density at radius 3 is 2.73 bits per heavy atom. The van der Waals surface area contributed by atoms with E-state index in [4.69, 9.17) is 9.15 Å². The van der Waals surface area contributed by atoms with Gasteiger partial charge in [-0.3, -0.25) is 4.90 Å². The van der Waals surface area contributed by atoms with Crippen LogP contribution in [0, 0.1) is 0 Å². The third-order valence-corrected chi connectivity index (χ3v) is 3.06. The highest BCUT2D eigenvalue weighted by Crippen LogP contribution is 2.15. The summed E-state index contributed by atoms with van der Waals surface area (Å²) in [6.45, 7) is 5.05. The minimum atomic E-state index is 0.823. The first-order valence-corrected chi connectivity index (χ1v) is 6.18. The fourth-order valence-corrected chi connectivity index (χ4v) is 2.13. The Morgan fingerprint density at radius 1 is 1.27 bits per heavy atom. The molecule has 0 radical (unpaired) electrons. The van der Waals surface area contributed by atoms with Crippen molar-refractivity contribution in [1.82, 2.24) is 4.90 Å². The van der Waals surface area contributed by atoms with Gasteiger partial charge in [0.1, 0.15) is 5.76 Å². The highest BCUT2D eigenvalue weighted by Gasteiger charge is 2.09. The Bertz CT molecular complexity index is 295. The van der Waals surface area contributed by atoms with Crippen LogP contribution in [0.4, 0.5) is 0 Å². The van der Waals surface area contributed by atoms with E-state index in [-0.39, 0.29) is 0 Å². The molecule has 15 heavy (non-hydrogen) atoms. The summed E-state index contributed by atoms with van der Waals surface area (Å²) in [6, 6.07) is 3.98. The summed E-state index contributed by atoms with van der Waals surface area (Å²) in [6.07, 6.45) is 2.17.